The number of rotatable bonds is 7. The number of hydrogen-bond acceptors (Lipinski definition) is 3. The van der Waals surface area contributed by atoms with E-state index < -0.39 is 6.04 Å². The normalized spacial score (nSPS) is 16.5. The van der Waals surface area contributed by atoms with Gasteiger partial charge in [0.25, 0.3) is 0 Å². The van der Waals surface area contributed by atoms with Crippen molar-refractivity contribution in [3.05, 3.63) is 35.6 Å². The third-order valence-electron chi connectivity index (χ3n) is 4.57. The standard InChI is InChI=1S/C19H28FN3O2/c1-23(2)18(14-8-10-15(20)11-9-14)19(25)21-13-12-17(24)22-16-6-4-3-5-7-16/h8-11,16,18H,3-7,12-13H2,1-2H3,(H,21,25)(H,22,24). The van der Waals surface area contributed by atoms with E-state index in [1.807, 2.05) is 0 Å². The molecular weight excluding hydrogens is 321 g/mol. The van der Waals surface area contributed by atoms with Gasteiger partial charge in [0.2, 0.25) is 11.8 Å². The van der Waals surface area contributed by atoms with E-state index in [9.17, 15) is 14.0 Å². The maximum Gasteiger partial charge on any atom is 0.241 e. The fraction of sp³-hybridized carbons (Fsp3) is 0.579. The van der Waals surface area contributed by atoms with Gasteiger partial charge in [-0.05, 0) is 44.6 Å². The smallest absolute Gasteiger partial charge is 0.241 e. The molecule has 1 unspecified atom stereocenters. The first kappa shape index (κ1) is 19.4. The van der Waals surface area contributed by atoms with Crippen molar-refractivity contribution in [1.82, 2.24) is 15.5 Å². The van der Waals surface area contributed by atoms with Crippen LogP contribution in [0.3, 0.4) is 0 Å². The van der Waals surface area contributed by atoms with E-state index in [0.29, 0.717) is 6.54 Å². The van der Waals surface area contributed by atoms with Crippen molar-refractivity contribution in [3.8, 4) is 0 Å². The predicted octanol–water partition coefficient (Wildman–Crippen LogP) is 2.38. The molecule has 0 saturated heterocycles. The molecule has 1 saturated carbocycles. The Labute approximate surface area is 149 Å². The van der Waals surface area contributed by atoms with Crippen molar-refractivity contribution in [2.75, 3.05) is 20.6 Å². The molecule has 2 amide bonds. The number of nitrogens with one attached hydrogen (secondary N) is 2. The number of halogens is 1. The Bertz CT molecular complexity index is 569. The fourth-order valence-electron chi connectivity index (χ4n) is 3.27. The second kappa shape index (κ2) is 9.51. The molecule has 1 aliphatic carbocycles. The summed E-state index contributed by atoms with van der Waals surface area (Å²) < 4.78 is 13.1. The molecule has 2 rings (SSSR count). The van der Waals surface area contributed by atoms with Gasteiger partial charge in [-0.15, -0.1) is 0 Å². The van der Waals surface area contributed by atoms with E-state index in [0.717, 1.165) is 18.4 Å². The third kappa shape index (κ3) is 6.12. The van der Waals surface area contributed by atoms with Crippen molar-refractivity contribution in [3.63, 3.8) is 0 Å². The molecule has 6 heteroatoms. The molecule has 0 bridgehead atoms. The molecule has 1 atom stereocenters. The average Bonchev–Trinajstić information content (AvgIpc) is 2.57. The van der Waals surface area contributed by atoms with Gasteiger partial charge in [-0.1, -0.05) is 31.4 Å². The van der Waals surface area contributed by atoms with Gasteiger partial charge < -0.3 is 10.6 Å². The topological polar surface area (TPSA) is 61.4 Å². The molecule has 0 radical (unpaired) electrons. The molecule has 1 aromatic rings. The Kier molecular flexibility index (Phi) is 7.37. The van der Waals surface area contributed by atoms with Gasteiger partial charge in [0.1, 0.15) is 11.9 Å². The largest absolute Gasteiger partial charge is 0.354 e. The van der Waals surface area contributed by atoms with E-state index >= 15 is 0 Å². The third-order valence-corrected chi connectivity index (χ3v) is 4.57. The van der Waals surface area contributed by atoms with E-state index in [-0.39, 0.29) is 30.1 Å². The first-order chi connectivity index (χ1) is 12.0. The minimum atomic E-state index is -0.512. The van der Waals surface area contributed by atoms with Gasteiger partial charge in [-0.3, -0.25) is 14.5 Å². The Morgan fingerprint density at radius 1 is 1.16 bits per heavy atom. The zero-order chi connectivity index (χ0) is 18.2. The fourth-order valence-corrected chi connectivity index (χ4v) is 3.27. The number of amides is 2. The quantitative estimate of drug-likeness (QED) is 0.794. The Hall–Kier alpha value is -1.95. The minimum absolute atomic E-state index is 0.0182. The van der Waals surface area contributed by atoms with Crippen LogP contribution < -0.4 is 10.6 Å². The molecule has 0 aromatic heterocycles. The van der Waals surface area contributed by atoms with Crippen molar-refractivity contribution >= 4 is 11.8 Å². The zero-order valence-corrected chi connectivity index (χ0v) is 15.1. The second-order valence-corrected chi connectivity index (χ2v) is 6.86. The van der Waals surface area contributed by atoms with Gasteiger partial charge >= 0.3 is 0 Å². The summed E-state index contributed by atoms with van der Waals surface area (Å²) in [6, 6.07) is 5.67. The summed E-state index contributed by atoms with van der Waals surface area (Å²) in [5.74, 6) is -0.543. The summed E-state index contributed by atoms with van der Waals surface area (Å²) in [6.07, 6.45) is 5.95. The van der Waals surface area contributed by atoms with Gasteiger partial charge in [0, 0.05) is 19.0 Å². The zero-order valence-electron chi connectivity index (χ0n) is 15.1. The van der Waals surface area contributed by atoms with Crippen LogP contribution in [0.25, 0.3) is 0 Å². The first-order valence-corrected chi connectivity index (χ1v) is 8.96. The van der Waals surface area contributed by atoms with Crippen LogP contribution in [0.2, 0.25) is 0 Å². The van der Waals surface area contributed by atoms with Crippen molar-refractivity contribution in [2.24, 2.45) is 0 Å². The molecule has 1 aromatic carbocycles. The summed E-state index contributed by atoms with van der Waals surface area (Å²) in [7, 11) is 3.59. The molecule has 0 spiro atoms. The SMILES string of the molecule is CN(C)C(C(=O)NCCC(=O)NC1CCCCC1)c1ccc(F)cc1. The maximum atomic E-state index is 13.1. The highest BCUT2D eigenvalue weighted by atomic mass is 19.1. The molecule has 0 aliphatic heterocycles. The number of carbonyl (C=O) groups is 2. The number of benzene rings is 1. The van der Waals surface area contributed by atoms with Gasteiger partial charge in [0.05, 0.1) is 0 Å². The van der Waals surface area contributed by atoms with Gasteiger partial charge in [0.15, 0.2) is 0 Å². The summed E-state index contributed by atoms with van der Waals surface area (Å²) in [6.45, 7) is 0.295. The predicted molar refractivity (Wildman–Crippen MR) is 95.5 cm³/mol. The summed E-state index contributed by atoms with van der Waals surface area (Å²) in [5, 5.41) is 5.85. The molecule has 5 nitrogen and oxygen atoms in total. The number of nitrogens with zero attached hydrogens (tertiary/aromatic N) is 1. The van der Waals surface area contributed by atoms with Crippen LogP contribution >= 0.6 is 0 Å². The first-order valence-electron chi connectivity index (χ1n) is 8.96. The minimum Gasteiger partial charge on any atom is -0.354 e. The van der Waals surface area contributed by atoms with Crippen LogP contribution in [0, 0.1) is 5.82 Å². The van der Waals surface area contributed by atoms with Crippen LogP contribution in [0.15, 0.2) is 24.3 Å². The molecule has 138 valence electrons. The van der Waals surface area contributed by atoms with Gasteiger partial charge in [-0.25, -0.2) is 4.39 Å². The lowest BCUT2D eigenvalue weighted by Crippen LogP contribution is -2.40. The maximum absolute atomic E-state index is 13.1. The van der Waals surface area contributed by atoms with Crippen molar-refractivity contribution < 1.29 is 14.0 Å². The van der Waals surface area contributed by atoms with Gasteiger partial charge in [-0.2, -0.15) is 0 Å². The monoisotopic (exact) mass is 349 g/mol. The second-order valence-electron chi connectivity index (χ2n) is 6.86. The van der Waals surface area contributed by atoms with Crippen LogP contribution in [-0.4, -0.2) is 43.4 Å². The van der Waals surface area contributed by atoms with E-state index in [1.165, 1.54) is 31.4 Å². The van der Waals surface area contributed by atoms with E-state index in [1.54, 1.807) is 31.1 Å². The summed E-state index contributed by atoms with van der Waals surface area (Å²) in [4.78, 5) is 26.2. The van der Waals surface area contributed by atoms with E-state index in [2.05, 4.69) is 10.6 Å². The molecule has 1 fully saturated rings. The highest BCUT2D eigenvalue weighted by Crippen LogP contribution is 2.19. The van der Waals surface area contributed by atoms with E-state index in [4.69, 9.17) is 0 Å². The highest BCUT2D eigenvalue weighted by molar-refractivity contribution is 5.84. The number of likely N-dealkylation sites (N-methyl/N-ethyl adjacent to an activating group) is 1. The lowest BCUT2D eigenvalue weighted by Gasteiger charge is -2.24. The number of hydrogen-bond donors (Lipinski definition) is 2. The van der Waals surface area contributed by atoms with Crippen molar-refractivity contribution in [2.45, 2.75) is 50.6 Å². The molecule has 0 heterocycles. The summed E-state index contributed by atoms with van der Waals surface area (Å²) in [5.41, 5.74) is 0.718. The molecule has 1 aliphatic rings. The average molecular weight is 349 g/mol. The molecule has 25 heavy (non-hydrogen) atoms. The van der Waals surface area contributed by atoms with Crippen LogP contribution in [0.4, 0.5) is 4.39 Å². The lowest BCUT2D eigenvalue weighted by molar-refractivity contribution is -0.126. The number of carbonyl (C=O) groups excluding carboxylic acids is 2. The van der Waals surface area contributed by atoms with Crippen LogP contribution in [-0.2, 0) is 9.59 Å². The van der Waals surface area contributed by atoms with Crippen LogP contribution in [0.1, 0.15) is 50.1 Å². The Balaban J connectivity index is 1.80. The van der Waals surface area contributed by atoms with Crippen molar-refractivity contribution in [1.29, 1.82) is 0 Å². The Morgan fingerprint density at radius 2 is 1.80 bits per heavy atom. The molecular formula is C19H28FN3O2. The highest BCUT2D eigenvalue weighted by Gasteiger charge is 2.23. The van der Waals surface area contributed by atoms with Crippen LogP contribution in [0.5, 0.6) is 0 Å². The molecule has 2 N–H and O–H groups in total. The lowest BCUT2D eigenvalue weighted by atomic mass is 9.95. The Morgan fingerprint density at radius 3 is 2.40 bits per heavy atom. The summed E-state index contributed by atoms with van der Waals surface area (Å²) >= 11 is 0.